The van der Waals surface area contributed by atoms with Crippen LogP contribution in [0.2, 0.25) is 5.02 Å². The summed E-state index contributed by atoms with van der Waals surface area (Å²) in [4.78, 5) is 23.7. The summed E-state index contributed by atoms with van der Waals surface area (Å²) in [5.74, 6) is 0.259. The Kier molecular flexibility index (Phi) is 6.12. The fourth-order valence-corrected chi connectivity index (χ4v) is 3.21. The highest BCUT2D eigenvalue weighted by molar-refractivity contribution is 6.31. The van der Waals surface area contributed by atoms with Gasteiger partial charge in [-0.2, -0.15) is 0 Å². The molecule has 0 atom stereocenters. The summed E-state index contributed by atoms with van der Waals surface area (Å²) in [6.07, 6.45) is 3.43. The monoisotopic (exact) mass is 394 g/mol. The number of allylic oxidation sites excluding steroid dienone is 1. The van der Waals surface area contributed by atoms with Crippen molar-refractivity contribution in [3.63, 3.8) is 0 Å². The molecule has 5 heteroatoms. The van der Waals surface area contributed by atoms with Crippen LogP contribution < -0.4 is 9.47 Å². The van der Waals surface area contributed by atoms with E-state index in [1.165, 1.54) is 20.1 Å². The lowest BCUT2D eigenvalue weighted by atomic mass is 10.00. The van der Waals surface area contributed by atoms with E-state index in [0.717, 1.165) is 21.9 Å². The average molecular weight is 395 g/mol. The number of carbonyl (C=O) groups is 2. The van der Waals surface area contributed by atoms with Crippen LogP contribution in [0, 0.1) is 0 Å². The number of halogens is 1. The SMILES string of the molecule is COc1ccc(/C=C/C(=O)Cc2cc(Cl)cc3ccccc23)cc1OC(C)=O. The third-order valence-electron chi connectivity index (χ3n) is 4.18. The van der Waals surface area contributed by atoms with Gasteiger partial charge in [-0.15, -0.1) is 0 Å². The molecule has 0 aliphatic rings. The van der Waals surface area contributed by atoms with Gasteiger partial charge in [-0.05, 0) is 52.2 Å². The summed E-state index contributed by atoms with van der Waals surface area (Å²) in [5.41, 5.74) is 1.61. The minimum absolute atomic E-state index is 0.0581. The molecule has 0 amide bonds. The topological polar surface area (TPSA) is 52.6 Å². The number of benzene rings is 3. The maximum absolute atomic E-state index is 12.5. The predicted octanol–water partition coefficient (Wildman–Crippen LogP) is 5.25. The number of carbonyl (C=O) groups excluding carboxylic acids is 2. The summed E-state index contributed by atoms with van der Waals surface area (Å²) >= 11 is 6.19. The first-order valence-electron chi connectivity index (χ1n) is 8.71. The Morgan fingerprint density at radius 2 is 1.82 bits per heavy atom. The van der Waals surface area contributed by atoms with Crippen LogP contribution in [0.3, 0.4) is 0 Å². The van der Waals surface area contributed by atoms with Gasteiger partial charge < -0.3 is 9.47 Å². The molecule has 0 aromatic heterocycles. The van der Waals surface area contributed by atoms with E-state index < -0.39 is 5.97 Å². The van der Waals surface area contributed by atoms with Gasteiger partial charge in [0.15, 0.2) is 17.3 Å². The molecular weight excluding hydrogens is 376 g/mol. The molecule has 0 heterocycles. The number of esters is 1. The first kappa shape index (κ1) is 19.6. The van der Waals surface area contributed by atoms with Gasteiger partial charge in [-0.3, -0.25) is 9.59 Å². The lowest BCUT2D eigenvalue weighted by molar-refractivity contribution is -0.132. The van der Waals surface area contributed by atoms with Gasteiger partial charge in [0, 0.05) is 18.4 Å². The molecule has 0 fully saturated rings. The number of ketones is 1. The molecule has 142 valence electrons. The van der Waals surface area contributed by atoms with Crippen molar-refractivity contribution >= 4 is 40.2 Å². The van der Waals surface area contributed by atoms with E-state index >= 15 is 0 Å². The van der Waals surface area contributed by atoms with Crippen LogP contribution >= 0.6 is 11.6 Å². The molecule has 28 heavy (non-hydrogen) atoms. The van der Waals surface area contributed by atoms with Crippen molar-refractivity contribution in [2.45, 2.75) is 13.3 Å². The first-order valence-corrected chi connectivity index (χ1v) is 9.08. The first-order chi connectivity index (χ1) is 13.5. The van der Waals surface area contributed by atoms with Crippen LogP contribution in [-0.4, -0.2) is 18.9 Å². The molecule has 0 unspecified atom stereocenters. The van der Waals surface area contributed by atoms with Gasteiger partial charge in [0.1, 0.15) is 0 Å². The highest BCUT2D eigenvalue weighted by Crippen LogP contribution is 2.29. The zero-order valence-corrected chi connectivity index (χ0v) is 16.3. The molecule has 3 rings (SSSR count). The molecule has 0 saturated carbocycles. The third kappa shape index (κ3) is 4.78. The Morgan fingerprint density at radius 1 is 1.04 bits per heavy atom. The Balaban J connectivity index is 1.80. The smallest absolute Gasteiger partial charge is 0.308 e. The number of ether oxygens (including phenoxy) is 2. The van der Waals surface area contributed by atoms with Crippen molar-refractivity contribution in [1.29, 1.82) is 0 Å². The fourth-order valence-electron chi connectivity index (χ4n) is 2.96. The average Bonchev–Trinajstić information content (AvgIpc) is 2.66. The standard InChI is InChI=1S/C23H19ClO4/c1-15(25)28-23-11-16(8-10-22(23)27-2)7-9-20(26)14-18-13-19(24)12-17-5-3-4-6-21(17)18/h3-13H,14H2,1-2H3/b9-7+. The second kappa shape index (κ2) is 8.72. The molecule has 0 N–H and O–H groups in total. The molecule has 0 saturated heterocycles. The van der Waals surface area contributed by atoms with E-state index in [-0.39, 0.29) is 12.2 Å². The van der Waals surface area contributed by atoms with Gasteiger partial charge in [-0.25, -0.2) is 0 Å². The lowest BCUT2D eigenvalue weighted by Crippen LogP contribution is -2.03. The van der Waals surface area contributed by atoms with Crippen molar-refractivity contribution < 1.29 is 19.1 Å². The zero-order valence-electron chi connectivity index (χ0n) is 15.6. The van der Waals surface area contributed by atoms with Crippen LogP contribution in [0.25, 0.3) is 16.8 Å². The Morgan fingerprint density at radius 3 is 2.57 bits per heavy atom. The molecule has 4 nitrogen and oxygen atoms in total. The zero-order chi connectivity index (χ0) is 20.1. The predicted molar refractivity (Wildman–Crippen MR) is 111 cm³/mol. The van der Waals surface area contributed by atoms with Gasteiger partial charge in [0.2, 0.25) is 0 Å². The van der Waals surface area contributed by atoms with E-state index in [4.69, 9.17) is 21.1 Å². The third-order valence-corrected chi connectivity index (χ3v) is 4.40. The Bertz CT molecular complexity index is 1070. The van der Waals surface area contributed by atoms with Crippen LogP contribution in [0.4, 0.5) is 0 Å². The summed E-state index contributed by atoms with van der Waals surface area (Å²) in [6.45, 7) is 1.32. The second-order valence-electron chi connectivity index (χ2n) is 6.27. The Hall–Kier alpha value is -3.11. The maximum Gasteiger partial charge on any atom is 0.308 e. The van der Waals surface area contributed by atoms with E-state index in [2.05, 4.69) is 0 Å². The molecule has 0 spiro atoms. The normalized spacial score (nSPS) is 11.0. The van der Waals surface area contributed by atoms with Crippen LogP contribution in [0.5, 0.6) is 11.5 Å². The van der Waals surface area contributed by atoms with Crippen LogP contribution in [0.1, 0.15) is 18.1 Å². The molecule has 3 aromatic rings. The summed E-state index contributed by atoms with van der Waals surface area (Å²) < 4.78 is 10.3. The number of fused-ring (bicyclic) bond motifs is 1. The van der Waals surface area contributed by atoms with Crippen LogP contribution in [-0.2, 0) is 16.0 Å². The summed E-state index contributed by atoms with van der Waals surface area (Å²) in [7, 11) is 1.50. The molecule has 0 aliphatic carbocycles. The quantitative estimate of drug-likeness (QED) is 0.325. The van der Waals surface area contributed by atoms with Gasteiger partial charge in [-0.1, -0.05) is 48.0 Å². The minimum atomic E-state index is -0.441. The molecule has 3 aromatic carbocycles. The van der Waals surface area contributed by atoms with Crippen molar-refractivity contribution in [3.05, 3.63) is 76.8 Å². The van der Waals surface area contributed by atoms with Gasteiger partial charge >= 0.3 is 5.97 Å². The van der Waals surface area contributed by atoms with Crippen molar-refractivity contribution in [3.8, 4) is 11.5 Å². The van der Waals surface area contributed by atoms with Gasteiger partial charge in [0.05, 0.1) is 7.11 Å². The van der Waals surface area contributed by atoms with E-state index in [0.29, 0.717) is 16.5 Å². The molecule has 0 radical (unpaired) electrons. The number of hydrogen-bond donors (Lipinski definition) is 0. The van der Waals surface area contributed by atoms with Crippen LogP contribution in [0.15, 0.2) is 60.7 Å². The minimum Gasteiger partial charge on any atom is -0.493 e. The van der Waals surface area contributed by atoms with E-state index in [1.807, 2.05) is 36.4 Å². The molecule has 0 bridgehead atoms. The summed E-state index contributed by atoms with van der Waals surface area (Å²) in [6, 6.07) is 16.7. The van der Waals surface area contributed by atoms with Gasteiger partial charge in [0.25, 0.3) is 0 Å². The van der Waals surface area contributed by atoms with Crippen molar-refractivity contribution in [1.82, 2.24) is 0 Å². The maximum atomic E-state index is 12.5. The number of hydrogen-bond acceptors (Lipinski definition) is 4. The fraction of sp³-hybridized carbons (Fsp3) is 0.130. The highest BCUT2D eigenvalue weighted by atomic mass is 35.5. The number of methoxy groups -OCH3 is 1. The summed E-state index contributed by atoms with van der Waals surface area (Å²) in [5, 5.41) is 2.62. The number of rotatable bonds is 6. The van der Waals surface area contributed by atoms with E-state index in [1.54, 1.807) is 24.3 Å². The molecule has 0 aliphatic heterocycles. The molecular formula is C23H19ClO4. The van der Waals surface area contributed by atoms with E-state index in [9.17, 15) is 9.59 Å². The second-order valence-corrected chi connectivity index (χ2v) is 6.70. The largest absolute Gasteiger partial charge is 0.493 e. The van der Waals surface area contributed by atoms with Crippen molar-refractivity contribution in [2.75, 3.05) is 7.11 Å². The lowest BCUT2D eigenvalue weighted by Gasteiger charge is -2.08. The highest BCUT2D eigenvalue weighted by Gasteiger charge is 2.09. The Labute approximate surface area is 168 Å². The van der Waals surface area contributed by atoms with Crippen molar-refractivity contribution in [2.24, 2.45) is 0 Å².